The Morgan fingerprint density at radius 2 is 1.68 bits per heavy atom. The van der Waals surface area contributed by atoms with E-state index in [9.17, 15) is 18.9 Å². The Morgan fingerprint density at radius 1 is 0.884 bits per heavy atom. The summed E-state index contributed by atoms with van der Waals surface area (Å²) in [6, 6.07) is 17.9. The Morgan fingerprint density at radius 3 is 2.42 bits per heavy atom. The fourth-order valence-electron chi connectivity index (χ4n) is 10.9. The smallest absolute Gasteiger partial charge is 0.420 e. The second kappa shape index (κ2) is 20.0. The molecule has 6 aromatic rings. The van der Waals surface area contributed by atoms with Gasteiger partial charge in [0.2, 0.25) is 17.8 Å². The molecule has 0 saturated carbocycles. The molecule has 0 aliphatic carbocycles. The van der Waals surface area contributed by atoms with Crippen LogP contribution in [0.4, 0.5) is 28.8 Å². The summed E-state index contributed by atoms with van der Waals surface area (Å²) in [7, 11) is -0.951. The predicted molar refractivity (Wildman–Crippen MR) is 275 cm³/mol. The quantitative estimate of drug-likeness (QED) is 0.0708. The summed E-state index contributed by atoms with van der Waals surface area (Å²) in [6.45, 7) is 11.0. The molecule has 69 heavy (non-hydrogen) atoms. The number of nitrogens with one attached hydrogen (secondary N) is 3. The number of para-hydroxylation sites is 1. The average Bonchev–Trinajstić information content (AvgIpc) is 3.96. The molecule has 0 spiro atoms. The Kier molecular flexibility index (Phi) is 13.7. The van der Waals surface area contributed by atoms with E-state index in [1.807, 2.05) is 36.4 Å². The number of pyridine rings is 1. The Hall–Kier alpha value is -5.61. The molecular weight excluding hydrogens is 960 g/mol. The molecular formula is C51H60BrN10O6P. The number of carbonyl (C=O) groups is 2. The van der Waals surface area contributed by atoms with E-state index in [1.54, 1.807) is 13.3 Å². The molecule has 4 saturated heterocycles. The fourth-order valence-corrected chi connectivity index (χ4v) is 14.5. The lowest BCUT2D eigenvalue weighted by molar-refractivity contribution is -0.135. The minimum atomic E-state index is -2.65. The number of oxazole rings is 1. The molecule has 1 unspecified atom stereocenters. The van der Waals surface area contributed by atoms with Gasteiger partial charge in [-0.15, -0.1) is 0 Å². The van der Waals surface area contributed by atoms with E-state index in [-0.39, 0.29) is 18.7 Å². The number of hydrogen-bond donors (Lipinski definition) is 3. The van der Waals surface area contributed by atoms with Gasteiger partial charge in [-0.2, -0.15) is 4.98 Å². The number of ether oxygens (including phenoxy) is 1. The summed E-state index contributed by atoms with van der Waals surface area (Å²) >= 11 is 3.68. The molecule has 3 N–H and O–H groups in total. The highest BCUT2D eigenvalue weighted by Crippen LogP contribution is 2.54. The maximum atomic E-state index is 14.5. The summed E-state index contributed by atoms with van der Waals surface area (Å²) in [4.78, 5) is 59.4. The third kappa shape index (κ3) is 9.55. The number of nitrogens with zero attached hydrogens (tertiary/aromatic N) is 7. The fraction of sp³-hybridized carbons (Fsp3) is 0.451. The predicted octanol–water partition coefficient (Wildman–Crippen LogP) is 7.90. The Labute approximate surface area is 410 Å². The molecule has 16 nitrogen and oxygen atoms in total. The summed E-state index contributed by atoms with van der Waals surface area (Å²) in [6.07, 6.45) is 10.0. The standard InChI is InChI=1S/C51H60BrN10O6P/c1-4-32-29-40(56-50-53-31-37(52)48(58-50)55-39-14-13-38-36(12-11-34(5-2)54-38)47(39)69(66)27-6-7-28-69)44(67-3)30-43(32)61-21-18-35(19-22-61)60-25-23-59(24-26-60)20-17-33-9-8-10-41-46(33)68-51(65)62(41)42-15-16-45(63)57-49(42)64/h8-14,29-31,35,42H,4-7,15-28H2,1-3H3,(H,57,63,64)(H2,53,55,56,58). The van der Waals surface area contributed by atoms with Crippen molar-refractivity contribution in [3.63, 3.8) is 0 Å². The number of fused-ring (bicyclic) bond motifs is 2. The van der Waals surface area contributed by atoms with Gasteiger partial charge in [0.25, 0.3) is 0 Å². The van der Waals surface area contributed by atoms with Gasteiger partial charge in [0.05, 0.1) is 34.0 Å². The Bertz CT molecular complexity index is 3020. The SMILES string of the molecule is CCc1ccc2c(P3(=O)CCCC3)c(Nc3nc(Nc4cc(CC)c(N5CCC(N6CCN(CCc7cccc8c7oc(=O)n8C7CCC(=O)NC7=O)CC6)CC5)cc4OC)ncc3Br)ccc2n1. The Balaban J connectivity index is 0.768. The van der Waals surface area contributed by atoms with Crippen LogP contribution >= 0.6 is 23.1 Å². The number of halogens is 1. The van der Waals surface area contributed by atoms with E-state index in [2.05, 4.69) is 83.6 Å². The molecule has 3 aromatic carbocycles. The molecule has 7 heterocycles. The number of carbonyl (C=O) groups excluding carboxylic acids is 2. The molecule has 3 aromatic heterocycles. The lowest BCUT2D eigenvalue weighted by Crippen LogP contribution is -2.53. The van der Waals surface area contributed by atoms with E-state index in [4.69, 9.17) is 19.1 Å². The van der Waals surface area contributed by atoms with Crippen molar-refractivity contribution in [2.45, 2.75) is 83.7 Å². The zero-order chi connectivity index (χ0) is 47.8. The number of benzene rings is 3. The number of aromatic nitrogens is 4. The van der Waals surface area contributed by atoms with Crippen LogP contribution in [0, 0.1) is 0 Å². The minimum Gasteiger partial charge on any atom is -0.494 e. The van der Waals surface area contributed by atoms with Crippen LogP contribution in [-0.2, 0) is 33.4 Å². The first kappa shape index (κ1) is 47.1. The zero-order valence-corrected chi connectivity index (χ0v) is 42.0. The summed E-state index contributed by atoms with van der Waals surface area (Å²) in [5.41, 5.74) is 7.89. The topological polar surface area (TPSA) is 180 Å². The minimum absolute atomic E-state index is 0.189. The number of amides is 2. The van der Waals surface area contributed by atoms with Crippen molar-refractivity contribution in [2.24, 2.45) is 0 Å². The molecule has 362 valence electrons. The number of piperazine rings is 1. The van der Waals surface area contributed by atoms with E-state index < -0.39 is 24.8 Å². The van der Waals surface area contributed by atoms with Gasteiger partial charge in [0.1, 0.15) is 24.8 Å². The van der Waals surface area contributed by atoms with Gasteiger partial charge in [-0.25, -0.2) is 9.78 Å². The number of piperidine rings is 2. The summed E-state index contributed by atoms with van der Waals surface area (Å²) in [5, 5.41) is 11.2. The van der Waals surface area contributed by atoms with Crippen molar-refractivity contribution in [1.29, 1.82) is 0 Å². The van der Waals surface area contributed by atoms with Gasteiger partial charge in [-0.05, 0) is 109 Å². The third-order valence-electron chi connectivity index (χ3n) is 14.7. The molecule has 0 radical (unpaired) electrons. The second-order valence-electron chi connectivity index (χ2n) is 18.7. The number of rotatable bonds is 14. The summed E-state index contributed by atoms with van der Waals surface area (Å²) < 4.78 is 28.4. The largest absolute Gasteiger partial charge is 0.494 e. The lowest BCUT2D eigenvalue weighted by Gasteiger charge is -2.43. The first-order valence-corrected chi connectivity index (χ1v) is 27.4. The molecule has 18 heteroatoms. The van der Waals surface area contributed by atoms with Crippen LogP contribution in [0.25, 0.3) is 22.0 Å². The van der Waals surface area contributed by atoms with Gasteiger partial charge >= 0.3 is 5.76 Å². The number of aryl methyl sites for hydroxylation is 2. The highest BCUT2D eigenvalue weighted by Gasteiger charge is 2.35. The van der Waals surface area contributed by atoms with Crippen LogP contribution in [0.2, 0.25) is 0 Å². The molecule has 1 atom stereocenters. The molecule has 2 amide bonds. The van der Waals surface area contributed by atoms with E-state index in [0.29, 0.717) is 51.5 Å². The maximum absolute atomic E-state index is 14.5. The van der Waals surface area contributed by atoms with Gasteiger partial charge in [-0.3, -0.25) is 29.4 Å². The highest BCUT2D eigenvalue weighted by atomic mass is 79.9. The molecule has 4 aliphatic heterocycles. The van der Waals surface area contributed by atoms with Crippen LogP contribution in [0.1, 0.15) is 75.2 Å². The molecule has 0 bridgehead atoms. The lowest BCUT2D eigenvalue weighted by atomic mass is 9.99. The normalized spacial score (nSPS) is 19.4. The van der Waals surface area contributed by atoms with E-state index in [1.165, 1.54) is 15.8 Å². The van der Waals surface area contributed by atoms with Crippen LogP contribution in [-0.4, -0.2) is 112 Å². The molecule has 10 rings (SSSR count). The van der Waals surface area contributed by atoms with Crippen molar-refractivity contribution in [3.05, 3.63) is 92.6 Å². The number of imide groups is 1. The molecule has 4 fully saturated rings. The first-order valence-electron chi connectivity index (χ1n) is 24.5. The first-order chi connectivity index (χ1) is 33.5. The van der Waals surface area contributed by atoms with Gasteiger partial charge < -0.3 is 34.2 Å². The zero-order valence-electron chi connectivity index (χ0n) is 39.6. The van der Waals surface area contributed by atoms with Crippen molar-refractivity contribution in [2.75, 3.05) is 80.8 Å². The number of methoxy groups -OCH3 is 1. The van der Waals surface area contributed by atoms with Gasteiger partial charge in [-0.1, -0.05) is 32.0 Å². The van der Waals surface area contributed by atoms with Crippen LogP contribution in [0.15, 0.2) is 74.5 Å². The average molecular weight is 1020 g/mol. The van der Waals surface area contributed by atoms with Crippen molar-refractivity contribution < 1.29 is 23.3 Å². The molecule has 4 aliphatic rings. The second-order valence-corrected chi connectivity index (χ2v) is 22.7. The number of anilines is 5. The van der Waals surface area contributed by atoms with E-state index in [0.717, 1.165) is 130 Å². The van der Waals surface area contributed by atoms with Crippen LogP contribution in [0.5, 0.6) is 5.75 Å². The maximum Gasteiger partial charge on any atom is 0.420 e. The van der Waals surface area contributed by atoms with Gasteiger partial charge in [0, 0.05) is 105 Å². The van der Waals surface area contributed by atoms with Gasteiger partial charge in [0.15, 0.2) is 5.58 Å². The highest BCUT2D eigenvalue weighted by molar-refractivity contribution is 9.10. The summed E-state index contributed by atoms with van der Waals surface area (Å²) in [5.74, 6) is 0.330. The monoisotopic (exact) mass is 1020 g/mol. The van der Waals surface area contributed by atoms with Crippen LogP contribution < -0.4 is 36.6 Å². The van der Waals surface area contributed by atoms with Crippen molar-refractivity contribution >= 4 is 91.0 Å². The van der Waals surface area contributed by atoms with Crippen molar-refractivity contribution in [1.82, 2.24) is 34.6 Å². The van der Waals surface area contributed by atoms with Crippen LogP contribution in [0.3, 0.4) is 0 Å². The van der Waals surface area contributed by atoms with E-state index >= 15 is 0 Å². The third-order valence-corrected chi connectivity index (χ3v) is 18.6. The number of hydrogen-bond acceptors (Lipinski definition) is 14. The van der Waals surface area contributed by atoms with Crippen molar-refractivity contribution in [3.8, 4) is 5.75 Å².